The second-order valence-corrected chi connectivity index (χ2v) is 4.16. The molecule has 1 rings (SSSR count). The summed E-state index contributed by atoms with van der Waals surface area (Å²) in [7, 11) is 1.52. The highest BCUT2D eigenvalue weighted by Crippen LogP contribution is 2.14. The predicted octanol–water partition coefficient (Wildman–Crippen LogP) is 2.40. The standard InChI is InChI=1S/C15H17NO3/c1-11-4-5-13(12(2)8-11)9-14(10-16)15(17)19-7-6-18-3/h4-5,8-9H,6-7H2,1-3H3/b14-9+. The Morgan fingerprint density at radius 2 is 2.11 bits per heavy atom. The Kier molecular flexibility index (Phi) is 5.77. The van der Waals surface area contributed by atoms with Gasteiger partial charge in [0.25, 0.3) is 0 Å². The molecule has 4 heteroatoms. The number of carbonyl (C=O) groups is 1. The minimum atomic E-state index is -0.625. The van der Waals surface area contributed by atoms with Gasteiger partial charge in [-0.1, -0.05) is 23.8 Å². The molecule has 0 radical (unpaired) electrons. The Labute approximate surface area is 113 Å². The van der Waals surface area contributed by atoms with E-state index < -0.39 is 5.97 Å². The zero-order valence-corrected chi connectivity index (χ0v) is 11.4. The number of ether oxygens (including phenoxy) is 2. The van der Waals surface area contributed by atoms with Crippen LogP contribution >= 0.6 is 0 Å². The Hall–Kier alpha value is -2.12. The van der Waals surface area contributed by atoms with Crippen LogP contribution in [-0.2, 0) is 14.3 Å². The number of aryl methyl sites for hydroxylation is 2. The van der Waals surface area contributed by atoms with Crippen molar-refractivity contribution in [3.8, 4) is 6.07 Å². The molecule has 0 aliphatic rings. The molecule has 0 aliphatic carbocycles. The molecule has 0 heterocycles. The lowest BCUT2D eigenvalue weighted by molar-refractivity contribution is -0.139. The van der Waals surface area contributed by atoms with Crippen LogP contribution in [0.25, 0.3) is 6.08 Å². The summed E-state index contributed by atoms with van der Waals surface area (Å²) in [6.07, 6.45) is 1.55. The summed E-state index contributed by atoms with van der Waals surface area (Å²) in [4.78, 5) is 11.7. The largest absolute Gasteiger partial charge is 0.459 e. The smallest absolute Gasteiger partial charge is 0.348 e. The second-order valence-electron chi connectivity index (χ2n) is 4.16. The molecule has 0 aliphatic heterocycles. The number of rotatable bonds is 5. The number of benzene rings is 1. The number of carbonyl (C=O) groups excluding carboxylic acids is 1. The molecule has 0 aromatic heterocycles. The van der Waals surface area contributed by atoms with Crippen molar-refractivity contribution < 1.29 is 14.3 Å². The topological polar surface area (TPSA) is 59.3 Å². The van der Waals surface area contributed by atoms with Crippen molar-refractivity contribution in [1.29, 1.82) is 5.26 Å². The molecule has 0 saturated heterocycles. The average molecular weight is 259 g/mol. The third-order valence-corrected chi connectivity index (χ3v) is 2.59. The molecule has 0 N–H and O–H groups in total. The highest BCUT2D eigenvalue weighted by molar-refractivity contribution is 5.98. The Bertz CT molecular complexity index is 527. The normalized spacial score (nSPS) is 10.9. The van der Waals surface area contributed by atoms with Gasteiger partial charge in [-0.3, -0.25) is 0 Å². The van der Waals surface area contributed by atoms with Gasteiger partial charge in [-0.2, -0.15) is 5.26 Å². The van der Waals surface area contributed by atoms with Crippen molar-refractivity contribution in [3.63, 3.8) is 0 Å². The lowest BCUT2D eigenvalue weighted by Crippen LogP contribution is -2.11. The summed E-state index contributed by atoms with van der Waals surface area (Å²) >= 11 is 0. The molecule has 19 heavy (non-hydrogen) atoms. The number of esters is 1. The summed E-state index contributed by atoms with van der Waals surface area (Å²) in [6, 6.07) is 7.68. The Morgan fingerprint density at radius 1 is 1.37 bits per heavy atom. The van der Waals surface area contributed by atoms with Crippen LogP contribution in [0.4, 0.5) is 0 Å². The van der Waals surface area contributed by atoms with Crippen LogP contribution in [0.15, 0.2) is 23.8 Å². The van der Waals surface area contributed by atoms with Gasteiger partial charge in [0.15, 0.2) is 0 Å². The van der Waals surface area contributed by atoms with Crippen molar-refractivity contribution in [1.82, 2.24) is 0 Å². The van der Waals surface area contributed by atoms with E-state index in [4.69, 9.17) is 14.7 Å². The summed E-state index contributed by atoms with van der Waals surface area (Å²) in [5, 5.41) is 9.01. The van der Waals surface area contributed by atoms with Gasteiger partial charge < -0.3 is 9.47 Å². The average Bonchev–Trinajstić information content (AvgIpc) is 2.38. The molecule has 1 aromatic carbocycles. The van der Waals surface area contributed by atoms with E-state index in [2.05, 4.69) is 0 Å². The van der Waals surface area contributed by atoms with Crippen molar-refractivity contribution in [2.45, 2.75) is 13.8 Å². The lowest BCUT2D eigenvalue weighted by Gasteiger charge is -2.05. The summed E-state index contributed by atoms with van der Waals surface area (Å²) in [6.45, 7) is 4.38. The van der Waals surface area contributed by atoms with Crippen molar-refractivity contribution >= 4 is 12.0 Å². The first-order valence-corrected chi connectivity index (χ1v) is 5.93. The number of nitriles is 1. The van der Waals surface area contributed by atoms with E-state index >= 15 is 0 Å². The molecule has 1 aromatic rings. The summed E-state index contributed by atoms with van der Waals surface area (Å²) in [5.74, 6) is -0.625. The SMILES string of the molecule is COCCOC(=O)/C(C#N)=C/c1ccc(C)cc1C. The zero-order chi connectivity index (χ0) is 14.3. The van der Waals surface area contributed by atoms with Gasteiger partial charge in [0.05, 0.1) is 6.61 Å². The van der Waals surface area contributed by atoms with Crippen molar-refractivity contribution in [2.24, 2.45) is 0 Å². The molecule has 4 nitrogen and oxygen atoms in total. The monoisotopic (exact) mass is 259 g/mol. The Balaban J connectivity index is 2.87. The van der Waals surface area contributed by atoms with Gasteiger partial charge in [-0.15, -0.1) is 0 Å². The highest BCUT2D eigenvalue weighted by Gasteiger charge is 2.11. The number of hydrogen-bond acceptors (Lipinski definition) is 4. The minimum Gasteiger partial charge on any atom is -0.459 e. The number of hydrogen-bond donors (Lipinski definition) is 0. The fourth-order valence-corrected chi connectivity index (χ4v) is 1.58. The molecule has 0 atom stereocenters. The first-order valence-electron chi connectivity index (χ1n) is 5.93. The van der Waals surface area contributed by atoms with Gasteiger partial charge in [0.1, 0.15) is 18.2 Å². The van der Waals surface area contributed by atoms with Crippen LogP contribution in [0.3, 0.4) is 0 Å². The molecule has 0 fully saturated rings. The molecule has 100 valence electrons. The Morgan fingerprint density at radius 3 is 2.68 bits per heavy atom. The van der Waals surface area contributed by atoms with Crippen LogP contribution in [-0.4, -0.2) is 26.3 Å². The fourth-order valence-electron chi connectivity index (χ4n) is 1.58. The third-order valence-electron chi connectivity index (χ3n) is 2.59. The van der Waals surface area contributed by atoms with Crippen LogP contribution in [0.2, 0.25) is 0 Å². The van der Waals surface area contributed by atoms with E-state index in [0.29, 0.717) is 6.61 Å². The van der Waals surface area contributed by atoms with Crippen molar-refractivity contribution in [2.75, 3.05) is 20.3 Å². The van der Waals surface area contributed by atoms with Gasteiger partial charge in [0.2, 0.25) is 0 Å². The highest BCUT2D eigenvalue weighted by atomic mass is 16.6. The van der Waals surface area contributed by atoms with Gasteiger partial charge in [-0.05, 0) is 31.1 Å². The van der Waals surface area contributed by atoms with E-state index in [-0.39, 0.29) is 12.2 Å². The molecule has 0 saturated carbocycles. The fraction of sp³-hybridized carbons (Fsp3) is 0.333. The molecule has 0 bridgehead atoms. The van der Waals surface area contributed by atoms with E-state index in [1.54, 1.807) is 6.08 Å². The van der Waals surface area contributed by atoms with E-state index in [1.807, 2.05) is 38.1 Å². The minimum absolute atomic E-state index is 0.0111. The van der Waals surface area contributed by atoms with Gasteiger partial charge in [-0.25, -0.2) is 4.79 Å². The third kappa shape index (κ3) is 4.57. The van der Waals surface area contributed by atoms with E-state index in [9.17, 15) is 4.79 Å². The van der Waals surface area contributed by atoms with Gasteiger partial charge in [0, 0.05) is 7.11 Å². The van der Waals surface area contributed by atoms with Crippen molar-refractivity contribution in [3.05, 3.63) is 40.5 Å². The van der Waals surface area contributed by atoms with Crippen LogP contribution in [0.5, 0.6) is 0 Å². The molecular weight excluding hydrogens is 242 g/mol. The summed E-state index contributed by atoms with van der Waals surface area (Å²) in [5.41, 5.74) is 2.97. The molecular formula is C15H17NO3. The second kappa shape index (κ2) is 7.34. The molecule has 0 unspecified atom stereocenters. The first-order chi connectivity index (χ1) is 9.08. The first kappa shape index (κ1) is 14.9. The lowest BCUT2D eigenvalue weighted by atomic mass is 10.0. The van der Waals surface area contributed by atoms with Gasteiger partial charge >= 0.3 is 5.97 Å². The predicted molar refractivity (Wildman–Crippen MR) is 72.3 cm³/mol. The number of nitrogens with zero attached hydrogens (tertiary/aromatic N) is 1. The quantitative estimate of drug-likeness (QED) is 0.352. The van der Waals surface area contributed by atoms with Crippen LogP contribution < -0.4 is 0 Å². The maximum absolute atomic E-state index is 11.7. The van der Waals surface area contributed by atoms with E-state index in [0.717, 1.165) is 16.7 Å². The maximum Gasteiger partial charge on any atom is 0.348 e. The zero-order valence-electron chi connectivity index (χ0n) is 11.4. The number of methoxy groups -OCH3 is 1. The molecule has 0 amide bonds. The van der Waals surface area contributed by atoms with Crippen LogP contribution in [0, 0.1) is 25.2 Å². The molecule has 0 spiro atoms. The maximum atomic E-state index is 11.7. The summed E-state index contributed by atoms with van der Waals surface area (Å²) < 4.78 is 9.69. The van der Waals surface area contributed by atoms with Crippen LogP contribution in [0.1, 0.15) is 16.7 Å². The van der Waals surface area contributed by atoms with E-state index in [1.165, 1.54) is 7.11 Å².